The first kappa shape index (κ1) is 11.0. The Morgan fingerprint density at radius 3 is 2.00 bits per heavy atom. The van der Waals surface area contributed by atoms with E-state index in [4.69, 9.17) is 0 Å². The highest BCUT2D eigenvalue weighted by atomic mass is 13.9. The first-order valence-corrected chi connectivity index (χ1v) is 4.53. The Balaban J connectivity index is 0.000000561. The van der Waals surface area contributed by atoms with Crippen LogP contribution in [0.1, 0.15) is 33.3 Å². The minimum Gasteiger partial charge on any atom is -0.0841 e. The molecule has 0 saturated heterocycles. The fourth-order valence-corrected chi connectivity index (χ4v) is 0.868. The van der Waals surface area contributed by atoms with Gasteiger partial charge in [0.2, 0.25) is 0 Å². The van der Waals surface area contributed by atoms with Crippen molar-refractivity contribution in [2.45, 2.75) is 27.7 Å². The van der Waals surface area contributed by atoms with Gasteiger partial charge >= 0.3 is 0 Å². The van der Waals surface area contributed by atoms with E-state index in [2.05, 4.69) is 44.2 Å². The van der Waals surface area contributed by atoms with Crippen molar-refractivity contribution in [1.82, 2.24) is 0 Å². The van der Waals surface area contributed by atoms with Gasteiger partial charge in [-0.3, -0.25) is 0 Å². The predicted molar refractivity (Wildman–Crippen MR) is 57.1 cm³/mol. The zero-order chi connectivity index (χ0) is 9.40. The van der Waals surface area contributed by atoms with E-state index in [1.807, 2.05) is 19.9 Å². The van der Waals surface area contributed by atoms with Crippen LogP contribution in [0.25, 0.3) is 5.57 Å². The standard InChI is InChI=1S/C10H12.C2H6/c1-3-9(2)10-7-5-4-6-8-10;1-2/h3-8H,1-2H3;1-2H3. The molecule has 0 bridgehead atoms. The Kier molecular flexibility index (Phi) is 6.08. The highest BCUT2D eigenvalue weighted by molar-refractivity contribution is 5.62. The van der Waals surface area contributed by atoms with Gasteiger partial charge in [0, 0.05) is 0 Å². The maximum Gasteiger partial charge on any atom is -0.0231 e. The molecule has 0 aromatic heterocycles. The number of allylic oxidation sites excluding steroid dienone is 2. The molecule has 0 N–H and O–H groups in total. The van der Waals surface area contributed by atoms with Crippen LogP contribution in [0.5, 0.6) is 0 Å². The van der Waals surface area contributed by atoms with E-state index in [1.54, 1.807) is 0 Å². The smallest absolute Gasteiger partial charge is 0.0231 e. The van der Waals surface area contributed by atoms with Gasteiger partial charge in [0.1, 0.15) is 0 Å². The van der Waals surface area contributed by atoms with Gasteiger partial charge in [0.25, 0.3) is 0 Å². The Morgan fingerprint density at radius 2 is 1.58 bits per heavy atom. The van der Waals surface area contributed by atoms with Crippen molar-refractivity contribution >= 4 is 5.57 Å². The largest absolute Gasteiger partial charge is 0.0841 e. The van der Waals surface area contributed by atoms with Gasteiger partial charge in [0.05, 0.1) is 0 Å². The van der Waals surface area contributed by atoms with Crippen LogP contribution in [0.4, 0.5) is 0 Å². The summed E-state index contributed by atoms with van der Waals surface area (Å²) in [5, 5.41) is 0. The van der Waals surface area contributed by atoms with Gasteiger partial charge in [-0.2, -0.15) is 0 Å². The molecule has 0 aliphatic rings. The lowest BCUT2D eigenvalue weighted by Gasteiger charge is -1.97. The van der Waals surface area contributed by atoms with E-state index in [9.17, 15) is 0 Å². The van der Waals surface area contributed by atoms with Crippen LogP contribution in [0.2, 0.25) is 0 Å². The average molecular weight is 162 g/mol. The second-order valence-corrected chi connectivity index (χ2v) is 2.34. The van der Waals surface area contributed by atoms with Gasteiger partial charge in [-0.15, -0.1) is 0 Å². The van der Waals surface area contributed by atoms with Crippen molar-refractivity contribution in [1.29, 1.82) is 0 Å². The van der Waals surface area contributed by atoms with Crippen LogP contribution in [-0.4, -0.2) is 0 Å². The van der Waals surface area contributed by atoms with Crippen LogP contribution in [0.15, 0.2) is 36.4 Å². The van der Waals surface area contributed by atoms with Crippen molar-refractivity contribution in [3.8, 4) is 0 Å². The summed E-state index contributed by atoms with van der Waals surface area (Å²) in [5.41, 5.74) is 2.64. The summed E-state index contributed by atoms with van der Waals surface area (Å²) in [6.45, 7) is 8.18. The van der Waals surface area contributed by atoms with Crippen molar-refractivity contribution in [3.05, 3.63) is 42.0 Å². The average Bonchev–Trinajstić information content (AvgIpc) is 2.21. The highest BCUT2D eigenvalue weighted by Crippen LogP contribution is 2.11. The predicted octanol–water partition coefficient (Wildman–Crippen LogP) is 4.14. The molecule has 0 saturated carbocycles. The zero-order valence-electron chi connectivity index (χ0n) is 8.46. The molecular formula is C12H18. The Morgan fingerprint density at radius 1 is 1.08 bits per heavy atom. The van der Waals surface area contributed by atoms with Crippen molar-refractivity contribution in [2.24, 2.45) is 0 Å². The molecular weight excluding hydrogens is 144 g/mol. The molecule has 1 rings (SSSR count). The molecule has 0 heterocycles. The van der Waals surface area contributed by atoms with E-state index in [0.29, 0.717) is 0 Å². The van der Waals surface area contributed by atoms with Crippen LogP contribution in [0, 0.1) is 0 Å². The lowest BCUT2D eigenvalue weighted by Crippen LogP contribution is -1.75. The molecule has 0 atom stereocenters. The summed E-state index contributed by atoms with van der Waals surface area (Å²) in [6.07, 6.45) is 2.12. The van der Waals surface area contributed by atoms with Crippen molar-refractivity contribution in [3.63, 3.8) is 0 Å². The normalized spacial score (nSPS) is 10.2. The summed E-state index contributed by atoms with van der Waals surface area (Å²) in [6, 6.07) is 10.4. The molecule has 0 unspecified atom stereocenters. The third-order valence-electron chi connectivity index (χ3n) is 1.66. The third kappa shape index (κ3) is 3.38. The maximum absolute atomic E-state index is 2.12. The first-order chi connectivity index (χ1) is 5.84. The van der Waals surface area contributed by atoms with Crippen LogP contribution in [-0.2, 0) is 0 Å². The minimum absolute atomic E-state index is 1.31. The van der Waals surface area contributed by atoms with E-state index in [1.165, 1.54) is 11.1 Å². The molecule has 0 amide bonds. The van der Waals surface area contributed by atoms with E-state index in [-0.39, 0.29) is 0 Å². The Labute approximate surface area is 75.9 Å². The summed E-state index contributed by atoms with van der Waals surface area (Å²) in [4.78, 5) is 0. The summed E-state index contributed by atoms with van der Waals surface area (Å²) in [7, 11) is 0. The minimum atomic E-state index is 1.31. The van der Waals surface area contributed by atoms with E-state index in [0.717, 1.165) is 0 Å². The molecule has 0 radical (unpaired) electrons. The van der Waals surface area contributed by atoms with Crippen molar-refractivity contribution < 1.29 is 0 Å². The Bertz CT molecular complexity index is 219. The number of rotatable bonds is 1. The molecule has 0 spiro atoms. The SMILES string of the molecule is CC.CC=C(C)c1ccccc1. The van der Waals surface area contributed by atoms with Crippen LogP contribution < -0.4 is 0 Å². The zero-order valence-corrected chi connectivity index (χ0v) is 8.46. The van der Waals surface area contributed by atoms with Gasteiger partial charge in [0.15, 0.2) is 0 Å². The first-order valence-electron chi connectivity index (χ1n) is 4.53. The molecule has 66 valence electrons. The fraction of sp³-hybridized carbons (Fsp3) is 0.333. The molecule has 0 nitrogen and oxygen atoms in total. The molecule has 12 heavy (non-hydrogen) atoms. The summed E-state index contributed by atoms with van der Waals surface area (Å²) in [5.74, 6) is 0. The van der Waals surface area contributed by atoms with E-state index < -0.39 is 0 Å². The van der Waals surface area contributed by atoms with Crippen LogP contribution >= 0.6 is 0 Å². The van der Waals surface area contributed by atoms with Gasteiger partial charge in [-0.25, -0.2) is 0 Å². The lowest BCUT2D eigenvalue weighted by atomic mass is 10.1. The maximum atomic E-state index is 2.12. The van der Waals surface area contributed by atoms with Crippen LogP contribution in [0.3, 0.4) is 0 Å². The van der Waals surface area contributed by atoms with E-state index >= 15 is 0 Å². The highest BCUT2D eigenvalue weighted by Gasteiger charge is 1.88. The number of benzene rings is 1. The second-order valence-electron chi connectivity index (χ2n) is 2.34. The van der Waals surface area contributed by atoms with Gasteiger partial charge in [-0.1, -0.05) is 50.3 Å². The molecule has 0 aliphatic carbocycles. The molecule has 0 fully saturated rings. The third-order valence-corrected chi connectivity index (χ3v) is 1.66. The summed E-state index contributed by atoms with van der Waals surface area (Å²) >= 11 is 0. The number of hydrogen-bond donors (Lipinski definition) is 0. The molecule has 0 heteroatoms. The molecule has 0 aliphatic heterocycles. The molecule has 1 aromatic rings. The fourth-order valence-electron chi connectivity index (χ4n) is 0.868. The molecule has 1 aromatic carbocycles. The topological polar surface area (TPSA) is 0 Å². The Hall–Kier alpha value is -1.04. The lowest BCUT2D eigenvalue weighted by molar-refractivity contribution is 1.50. The summed E-state index contributed by atoms with van der Waals surface area (Å²) < 4.78 is 0. The van der Waals surface area contributed by atoms with Crippen molar-refractivity contribution in [2.75, 3.05) is 0 Å². The quantitative estimate of drug-likeness (QED) is 0.582. The number of hydrogen-bond acceptors (Lipinski definition) is 0. The van der Waals surface area contributed by atoms with Gasteiger partial charge in [-0.05, 0) is 25.0 Å². The van der Waals surface area contributed by atoms with Gasteiger partial charge < -0.3 is 0 Å². The monoisotopic (exact) mass is 162 g/mol. The second kappa shape index (κ2) is 6.66.